The van der Waals surface area contributed by atoms with E-state index >= 15 is 0 Å². The Morgan fingerprint density at radius 3 is 2.53 bits per heavy atom. The number of benzene rings is 1. The van der Waals surface area contributed by atoms with Gasteiger partial charge in [0, 0.05) is 13.5 Å². The molecule has 0 saturated carbocycles. The number of ether oxygens (including phenoxy) is 1. The predicted octanol–water partition coefficient (Wildman–Crippen LogP) is 3.34. The van der Waals surface area contributed by atoms with E-state index < -0.39 is 5.85 Å². The second kappa shape index (κ2) is 3.99. The van der Waals surface area contributed by atoms with Gasteiger partial charge in [0.2, 0.25) is 5.85 Å². The van der Waals surface area contributed by atoms with Crippen molar-refractivity contribution in [3.05, 3.63) is 54.1 Å². The Kier molecular flexibility index (Phi) is 2.69. The molecule has 1 atom stereocenters. The summed E-state index contributed by atoms with van der Waals surface area (Å²) >= 11 is 0. The van der Waals surface area contributed by atoms with E-state index in [-0.39, 0.29) is 6.42 Å². The molecule has 0 amide bonds. The fraction of sp³-hybridized carbons (Fsp3) is 0.231. The molecule has 0 aliphatic heterocycles. The van der Waals surface area contributed by atoms with Gasteiger partial charge >= 0.3 is 0 Å². The van der Waals surface area contributed by atoms with Gasteiger partial charge in [-0.3, -0.25) is 0 Å². The Labute approximate surface area is 88.9 Å². The minimum Gasteiger partial charge on any atom is -0.346 e. The van der Waals surface area contributed by atoms with Crippen LogP contribution in [-0.2, 0) is 4.74 Å². The summed E-state index contributed by atoms with van der Waals surface area (Å²) in [5.74, 6) is -1.63. The van der Waals surface area contributed by atoms with Crippen LogP contribution < -0.4 is 0 Å². The molecule has 2 heteroatoms. The highest BCUT2D eigenvalue weighted by Gasteiger charge is 2.26. The molecule has 0 bridgehead atoms. The van der Waals surface area contributed by atoms with Gasteiger partial charge in [0.1, 0.15) is 0 Å². The Morgan fingerprint density at radius 1 is 1.27 bits per heavy atom. The number of alkyl halides is 1. The first-order chi connectivity index (χ1) is 7.23. The third-order valence-electron chi connectivity index (χ3n) is 2.56. The van der Waals surface area contributed by atoms with Crippen LogP contribution in [0.15, 0.2) is 48.6 Å². The van der Waals surface area contributed by atoms with Gasteiger partial charge in [0.25, 0.3) is 0 Å². The van der Waals surface area contributed by atoms with Gasteiger partial charge in [0.05, 0.1) is 0 Å². The minimum absolute atomic E-state index is 0.268. The molecular weight excluding hydrogens is 191 g/mol. The molecule has 0 radical (unpaired) electrons. The second-order valence-corrected chi connectivity index (χ2v) is 3.55. The molecule has 1 aliphatic carbocycles. The average molecular weight is 204 g/mol. The number of allylic oxidation sites excluding steroid dienone is 2. The molecule has 1 aromatic rings. The average Bonchev–Trinajstić information content (AvgIpc) is 2.31. The maximum atomic E-state index is 13.6. The Balaban J connectivity index is 2.20. The summed E-state index contributed by atoms with van der Waals surface area (Å²) in [5.41, 5.74) is 2.15. The zero-order valence-corrected chi connectivity index (χ0v) is 8.61. The first-order valence-electron chi connectivity index (χ1n) is 4.92. The molecule has 0 spiro atoms. The van der Waals surface area contributed by atoms with Crippen LogP contribution in [0, 0.1) is 0 Å². The van der Waals surface area contributed by atoms with Gasteiger partial charge in [-0.15, -0.1) is 0 Å². The van der Waals surface area contributed by atoms with Crippen LogP contribution in [0.2, 0.25) is 0 Å². The molecule has 1 nitrogen and oxygen atoms in total. The second-order valence-electron chi connectivity index (χ2n) is 3.55. The van der Waals surface area contributed by atoms with E-state index in [9.17, 15) is 4.39 Å². The molecule has 1 unspecified atom stereocenters. The van der Waals surface area contributed by atoms with Crippen LogP contribution in [-0.4, -0.2) is 13.0 Å². The topological polar surface area (TPSA) is 9.23 Å². The van der Waals surface area contributed by atoms with Crippen LogP contribution in [0.4, 0.5) is 4.39 Å². The largest absolute Gasteiger partial charge is 0.346 e. The highest BCUT2D eigenvalue weighted by atomic mass is 19.2. The van der Waals surface area contributed by atoms with Crippen molar-refractivity contribution in [1.29, 1.82) is 0 Å². The minimum atomic E-state index is -1.63. The molecule has 0 aromatic heterocycles. The summed E-state index contributed by atoms with van der Waals surface area (Å²) in [6.07, 6.45) is 5.36. The van der Waals surface area contributed by atoms with Gasteiger partial charge in [-0.25, -0.2) is 4.39 Å². The summed E-state index contributed by atoms with van der Waals surface area (Å²) in [4.78, 5) is 0. The molecule has 0 N–H and O–H groups in total. The van der Waals surface area contributed by atoms with Crippen molar-refractivity contribution in [3.8, 4) is 0 Å². The van der Waals surface area contributed by atoms with E-state index in [0.717, 1.165) is 11.1 Å². The maximum Gasteiger partial charge on any atom is 0.231 e. The summed E-state index contributed by atoms with van der Waals surface area (Å²) in [7, 11) is 1.38. The monoisotopic (exact) mass is 204 g/mol. The Morgan fingerprint density at radius 2 is 2.00 bits per heavy atom. The van der Waals surface area contributed by atoms with E-state index in [0.29, 0.717) is 0 Å². The standard InChI is InChI=1S/C13H13FO/c1-15-13(14)9-7-12(8-10-13)11-5-3-2-4-6-11/h2-9H,10H2,1H3. The van der Waals surface area contributed by atoms with E-state index in [1.165, 1.54) is 13.2 Å². The van der Waals surface area contributed by atoms with Crippen molar-refractivity contribution in [2.75, 3.05) is 7.11 Å². The van der Waals surface area contributed by atoms with E-state index in [2.05, 4.69) is 0 Å². The molecule has 15 heavy (non-hydrogen) atoms. The molecule has 2 rings (SSSR count). The number of hydrogen-bond acceptors (Lipinski definition) is 1. The molecular formula is C13H13FO. The van der Waals surface area contributed by atoms with Crippen LogP contribution >= 0.6 is 0 Å². The zero-order valence-electron chi connectivity index (χ0n) is 8.61. The van der Waals surface area contributed by atoms with Gasteiger partial charge in [0.15, 0.2) is 0 Å². The van der Waals surface area contributed by atoms with Crippen molar-refractivity contribution in [2.24, 2.45) is 0 Å². The quantitative estimate of drug-likeness (QED) is 0.717. The SMILES string of the molecule is COC1(F)C=CC(c2ccccc2)=CC1. The van der Waals surface area contributed by atoms with E-state index in [1.54, 1.807) is 6.08 Å². The lowest BCUT2D eigenvalue weighted by molar-refractivity contribution is -0.0764. The summed E-state index contributed by atoms with van der Waals surface area (Å²) < 4.78 is 18.4. The van der Waals surface area contributed by atoms with Crippen molar-refractivity contribution >= 4 is 5.57 Å². The van der Waals surface area contributed by atoms with E-state index in [4.69, 9.17) is 4.74 Å². The van der Waals surface area contributed by atoms with Crippen LogP contribution in [0.25, 0.3) is 5.57 Å². The Bertz CT molecular complexity index is 394. The first-order valence-corrected chi connectivity index (χ1v) is 4.92. The number of hydrogen-bond donors (Lipinski definition) is 0. The third kappa shape index (κ3) is 2.16. The molecule has 0 saturated heterocycles. The van der Waals surface area contributed by atoms with E-state index in [1.807, 2.05) is 36.4 Å². The molecule has 1 aliphatic rings. The number of halogens is 1. The number of methoxy groups -OCH3 is 1. The van der Waals surface area contributed by atoms with Crippen LogP contribution in [0.3, 0.4) is 0 Å². The van der Waals surface area contributed by atoms with Crippen molar-refractivity contribution in [1.82, 2.24) is 0 Å². The normalized spacial score (nSPS) is 25.1. The lowest BCUT2D eigenvalue weighted by Gasteiger charge is -2.22. The zero-order chi connectivity index (χ0) is 10.7. The lowest BCUT2D eigenvalue weighted by Crippen LogP contribution is -2.23. The highest BCUT2D eigenvalue weighted by Crippen LogP contribution is 2.29. The fourth-order valence-electron chi connectivity index (χ4n) is 1.60. The fourth-order valence-corrected chi connectivity index (χ4v) is 1.60. The van der Waals surface area contributed by atoms with Crippen LogP contribution in [0.5, 0.6) is 0 Å². The van der Waals surface area contributed by atoms with Gasteiger partial charge in [-0.2, -0.15) is 0 Å². The van der Waals surface area contributed by atoms with Crippen molar-refractivity contribution < 1.29 is 9.13 Å². The molecule has 1 aromatic carbocycles. The van der Waals surface area contributed by atoms with Gasteiger partial charge in [-0.1, -0.05) is 42.5 Å². The van der Waals surface area contributed by atoms with Gasteiger partial charge in [-0.05, 0) is 17.2 Å². The van der Waals surface area contributed by atoms with Gasteiger partial charge < -0.3 is 4.74 Å². The smallest absolute Gasteiger partial charge is 0.231 e. The highest BCUT2D eigenvalue weighted by molar-refractivity contribution is 5.75. The van der Waals surface area contributed by atoms with Crippen LogP contribution in [0.1, 0.15) is 12.0 Å². The lowest BCUT2D eigenvalue weighted by atomic mass is 9.97. The maximum absolute atomic E-state index is 13.6. The first kappa shape index (κ1) is 10.1. The summed E-state index contributed by atoms with van der Waals surface area (Å²) in [6, 6.07) is 9.92. The summed E-state index contributed by atoms with van der Waals surface area (Å²) in [6.45, 7) is 0. The van der Waals surface area contributed by atoms with Crippen molar-refractivity contribution in [2.45, 2.75) is 12.3 Å². The predicted molar refractivity (Wildman–Crippen MR) is 59.0 cm³/mol. The molecule has 78 valence electrons. The molecule has 0 heterocycles. The Hall–Kier alpha value is -1.41. The number of rotatable bonds is 2. The molecule has 0 fully saturated rings. The van der Waals surface area contributed by atoms with Crippen molar-refractivity contribution in [3.63, 3.8) is 0 Å². The third-order valence-corrected chi connectivity index (χ3v) is 2.56. The summed E-state index contributed by atoms with van der Waals surface area (Å²) in [5, 5.41) is 0.